The molecule has 0 saturated carbocycles. The normalized spacial score (nSPS) is 10.8. The fraction of sp³-hybridized carbons (Fsp3) is 0.125. The van der Waals surface area contributed by atoms with Gasteiger partial charge in [0.1, 0.15) is 5.75 Å². The van der Waals surface area contributed by atoms with E-state index in [1.807, 2.05) is 49.6 Å². The topological polar surface area (TPSA) is 59.2 Å². The first-order valence-electron chi connectivity index (χ1n) is 6.46. The van der Waals surface area contributed by atoms with Crippen molar-refractivity contribution in [3.05, 3.63) is 48.0 Å². The van der Waals surface area contributed by atoms with Crippen LogP contribution in [-0.4, -0.2) is 21.5 Å². The van der Waals surface area contributed by atoms with Gasteiger partial charge in [-0.1, -0.05) is 17.3 Å². The van der Waals surface area contributed by atoms with Gasteiger partial charge in [0.2, 0.25) is 5.82 Å². The Balaban J connectivity index is 1.97. The van der Waals surface area contributed by atoms with E-state index in [0.717, 1.165) is 11.1 Å². The second-order valence-electron chi connectivity index (χ2n) is 4.62. The summed E-state index contributed by atoms with van der Waals surface area (Å²) in [4.78, 5) is 5.54. The van der Waals surface area contributed by atoms with Crippen LogP contribution >= 0.6 is 11.8 Å². The second-order valence-corrected chi connectivity index (χ2v) is 5.50. The third kappa shape index (κ3) is 2.64. The molecule has 0 atom stereocenters. The second kappa shape index (κ2) is 5.61. The Kier molecular flexibility index (Phi) is 3.66. The molecule has 0 aliphatic rings. The van der Waals surface area contributed by atoms with Crippen LogP contribution < -0.4 is 0 Å². The van der Waals surface area contributed by atoms with Gasteiger partial charge in [0.15, 0.2) is 0 Å². The number of nitrogens with zero attached hydrogens (tertiary/aromatic N) is 2. The minimum Gasteiger partial charge on any atom is -0.507 e. The predicted octanol–water partition coefficient (Wildman–Crippen LogP) is 4.14. The van der Waals surface area contributed by atoms with E-state index in [2.05, 4.69) is 10.1 Å². The molecule has 0 saturated heterocycles. The summed E-state index contributed by atoms with van der Waals surface area (Å²) in [5.74, 6) is 1.00. The third-order valence-corrected chi connectivity index (χ3v) is 3.99. The molecule has 21 heavy (non-hydrogen) atoms. The largest absolute Gasteiger partial charge is 0.507 e. The van der Waals surface area contributed by atoms with Gasteiger partial charge < -0.3 is 9.63 Å². The van der Waals surface area contributed by atoms with E-state index in [1.165, 1.54) is 4.90 Å². The van der Waals surface area contributed by atoms with Gasteiger partial charge in [0.05, 0.1) is 5.56 Å². The van der Waals surface area contributed by atoms with Crippen molar-refractivity contribution in [2.75, 3.05) is 6.26 Å². The number of hydrogen-bond donors (Lipinski definition) is 1. The molecule has 0 unspecified atom stereocenters. The minimum absolute atomic E-state index is 0.172. The fourth-order valence-electron chi connectivity index (χ4n) is 2.02. The van der Waals surface area contributed by atoms with Crippen LogP contribution in [0.4, 0.5) is 0 Å². The summed E-state index contributed by atoms with van der Waals surface area (Å²) < 4.78 is 5.27. The fourth-order valence-corrected chi connectivity index (χ4v) is 2.43. The van der Waals surface area contributed by atoms with Gasteiger partial charge in [-0.15, -0.1) is 11.8 Å². The molecule has 106 valence electrons. The molecule has 0 aliphatic heterocycles. The van der Waals surface area contributed by atoms with Crippen LogP contribution in [0.15, 0.2) is 51.9 Å². The van der Waals surface area contributed by atoms with Crippen molar-refractivity contribution in [2.24, 2.45) is 0 Å². The minimum atomic E-state index is 0.172. The summed E-state index contributed by atoms with van der Waals surface area (Å²) in [5, 5.41) is 14.1. The highest BCUT2D eigenvalue weighted by molar-refractivity contribution is 7.98. The van der Waals surface area contributed by atoms with Crippen molar-refractivity contribution in [1.29, 1.82) is 0 Å². The number of aromatic hydroxyl groups is 1. The van der Waals surface area contributed by atoms with Crippen LogP contribution in [0.1, 0.15) is 5.56 Å². The number of rotatable bonds is 3. The molecule has 0 spiro atoms. The van der Waals surface area contributed by atoms with Crippen molar-refractivity contribution in [3.8, 4) is 28.6 Å². The summed E-state index contributed by atoms with van der Waals surface area (Å²) >= 11 is 1.68. The lowest BCUT2D eigenvalue weighted by atomic mass is 10.1. The lowest BCUT2D eigenvalue weighted by molar-refractivity contribution is 0.425. The van der Waals surface area contributed by atoms with Gasteiger partial charge in [-0.05, 0) is 49.1 Å². The molecule has 0 aliphatic carbocycles. The first-order valence-corrected chi connectivity index (χ1v) is 7.68. The average Bonchev–Trinajstić information content (AvgIpc) is 3.00. The lowest BCUT2D eigenvalue weighted by Crippen LogP contribution is -1.83. The molecule has 0 amide bonds. The van der Waals surface area contributed by atoms with Crippen LogP contribution in [0, 0.1) is 6.92 Å². The van der Waals surface area contributed by atoms with E-state index in [0.29, 0.717) is 17.3 Å². The highest BCUT2D eigenvalue weighted by Crippen LogP contribution is 2.31. The number of thioether (sulfide) groups is 1. The highest BCUT2D eigenvalue weighted by atomic mass is 32.2. The number of hydrogen-bond acceptors (Lipinski definition) is 5. The lowest BCUT2D eigenvalue weighted by Gasteiger charge is -2.01. The monoisotopic (exact) mass is 298 g/mol. The summed E-state index contributed by atoms with van der Waals surface area (Å²) in [7, 11) is 0. The Morgan fingerprint density at radius 1 is 1.10 bits per heavy atom. The van der Waals surface area contributed by atoms with Gasteiger partial charge in [-0.25, -0.2) is 0 Å². The summed E-state index contributed by atoms with van der Waals surface area (Å²) in [6.07, 6.45) is 2.03. The Morgan fingerprint density at radius 3 is 2.57 bits per heavy atom. The molecule has 0 bridgehead atoms. The van der Waals surface area contributed by atoms with E-state index in [4.69, 9.17) is 4.52 Å². The van der Waals surface area contributed by atoms with Crippen LogP contribution in [-0.2, 0) is 0 Å². The smallest absolute Gasteiger partial charge is 0.262 e. The van der Waals surface area contributed by atoms with Crippen LogP contribution in [0.5, 0.6) is 5.75 Å². The molecular formula is C16H14N2O2S. The Morgan fingerprint density at radius 2 is 1.86 bits per heavy atom. The SMILES string of the molecule is CSc1ccc(-c2noc(-c3cccc(C)c3O)n2)cc1. The maximum atomic E-state index is 10.1. The Labute approximate surface area is 126 Å². The van der Waals surface area contributed by atoms with Crippen LogP contribution in [0.2, 0.25) is 0 Å². The molecule has 1 heterocycles. The maximum Gasteiger partial charge on any atom is 0.262 e. The third-order valence-electron chi connectivity index (χ3n) is 3.24. The molecule has 2 aromatic carbocycles. The highest BCUT2D eigenvalue weighted by Gasteiger charge is 2.14. The molecule has 0 radical (unpaired) electrons. The first-order chi connectivity index (χ1) is 10.2. The van der Waals surface area contributed by atoms with Crippen molar-refractivity contribution >= 4 is 11.8 Å². The molecule has 1 aromatic heterocycles. The summed E-state index contributed by atoms with van der Waals surface area (Å²) in [6.45, 7) is 1.83. The maximum absolute atomic E-state index is 10.1. The van der Waals surface area contributed by atoms with E-state index in [1.54, 1.807) is 17.8 Å². The van der Waals surface area contributed by atoms with E-state index in [9.17, 15) is 5.11 Å². The molecule has 4 nitrogen and oxygen atoms in total. The number of phenolic OH excluding ortho intramolecular Hbond substituents is 1. The van der Waals surface area contributed by atoms with Gasteiger partial charge in [-0.2, -0.15) is 4.98 Å². The Hall–Kier alpha value is -2.27. The van der Waals surface area contributed by atoms with Gasteiger partial charge in [-0.3, -0.25) is 0 Å². The van der Waals surface area contributed by atoms with Crippen molar-refractivity contribution in [1.82, 2.24) is 10.1 Å². The van der Waals surface area contributed by atoms with Crippen molar-refractivity contribution in [3.63, 3.8) is 0 Å². The van der Waals surface area contributed by atoms with Crippen LogP contribution in [0.3, 0.4) is 0 Å². The van der Waals surface area contributed by atoms with Crippen molar-refractivity contribution in [2.45, 2.75) is 11.8 Å². The standard InChI is InChI=1S/C16H14N2O2S/c1-10-4-3-5-13(14(10)19)16-17-15(18-20-16)11-6-8-12(21-2)9-7-11/h3-9,19H,1-2H3. The van der Waals surface area contributed by atoms with Gasteiger partial charge in [0, 0.05) is 10.5 Å². The Bertz CT molecular complexity index is 766. The number of benzene rings is 2. The number of aryl methyl sites for hydroxylation is 1. The predicted molar refractivity (Wildman–Crippen MR) is 83.4 cm³/mol. The van der Waals surface area contributed by atoms with E-state index in [-0.39, 0.29) is 5.75 Å². The molecule has 1 N–H and O–H groups in total. The number of phenols is 1. The molecule has 5 heteroatoms. The quantitative estimate of drug-likeness (QED) is 0.736. The molecule has 0 fully saturated rings. The van der Waals surface area contributed by atoms with E-state index >= 15 is 0 Å². The zero-order valence-corrected chi connectivity index (χ0v) is 12.5. The molecule has 3 aromatic rings. The van der Waals surface area contributed by atoms with Gasteiger partial charge >= 0.3 is 0 Å². The van der Waals surface area contributed by atoms with Crippen LogP contribution in [0.25, 0.3) is 22.8 Å². The number of para-hydroxylation sites is 1. The molecular weight excluding hydrogens is 284 g/mol. The summed E-state index contributed by atoms with van der Waals surface area (Å²) in [5.41, 5.74) is 2.21. The van der Waals surface area contributed by atoms with E-state index < -0.39 is 0 Å². The molecule has 3 rings (SSSR count). The average molecular weight is 298 g/mol. The van der Waals surface area contributed by atoms with Crippen molar-refractivity contribution < 1.29 is 9.63 Å². The number of aromatic nitrogens is 2. The summed E-state index contributed by atoms with van der Waals surface area (Å²) in [6, 6.07) is 13.4. The van der Waals surface area contributed by atoms with Gasteiger partial charge in [0.25, 0.3) is 5.89 Å². The zero-order chi connectivity index (χ0) is 14.8. The zero-order valence-electron chi connectivity index (χ0n) is 11.7. The first kappa shape index (κ1) is 13.7.